The van der Waals surface area contributed by atoms with Crippen LogP contribution in [0.5, 0.6) is 0 Å². The number of carbonyl (C=O) groups excluding carboxylic acids is 3. The average Bonchev–Trinajstić information content (AvgIpc) is 2.95. The number of carbonyl (C=O) groups is 3. The first-order valence-corrected chi connectivity index (χ1v) is 16.6. The molecule has 2 N–H and O–H groups in total. The minimum absolute atomic E-state index is 0.0617. The van der Waals surface area contributed by atoms with Gasteiger partial charge in [0.05, 0.1) is 10.8 Å². The van der Waals surface area contributed by atoms with Crippen molar-refractivity contribution in [3.8, 4) is 11.1 Å². The van der Waals surface area contributed by atoms with Crippen molar-refractivity contribution in [3.05, 3.63) is 87.9 Å². The number of hydrogen-bond donors (Lipinski definition) is 3. The molecule has 0 spiro atoms. The molecule has 3 rings (SSSR count). The fraction of sp³-hybridized carbons (Fsp3) is 0.323. The minimum Gasteiger partial charge on any atom is -0.354 e. The normalized spacial score (nSPS) is 11.9. The molecule has 0 aliphatic carbocycles. The van der Waals surface area contributed by atoms with Crippen LogP contribution in [-0.2, 0) is 37.4 Å². The van der Waals surface area contributed by atoms with Crippen LogP contribution in [0.25, 0.3) is 11.1 Å². The highest BCUT2D eigenvalue weighted by molar-refractivity contribution is 7.90. The van der Waals surface area contributed by atoms with Gasteiger partial charge in [0.25, 0.3) is 10.0 Å². The van der Waals surface area contributed by atoms with Gasteiger partial charge in [-0.1, -0.05) is 72.6 Å². The summed E-state index contributed by atoms with van der Waals surface area (Å²) in [5.74, 6) is -0.917. The van der Waals surface area contributed by atoms with Gasteiger partial charge in [-0.3, -0.25) is 14.4 Å². The predicted molar refractivity (Wildman–Crippen MR) is 174 cm³/mol. The van der Waals surface area contributed by atoms with Crippen LogP contribution in [0, 0.1) is 5.92 Å². The SMILES string of the molecule is CCCC(=O)N(CCNC(=O)C(CS)Cc1cccc(Cl)c1)Cc1ccc(-c2ccccc2S(=O)(=O)NC(C)=O)c(Cl)c1. The first kappa shape index (κ1) is 34.4. The smallest absolute Gasteiger partial charge is 0.264 e. The summed E-state index contributed by atoms with van der Waals surface area (Å²) in [4.78, 5) is 38.9. The van der Waals surface area contributed by atoms with E-state index in [0.717, 1.165) is 18.1 Å². The van der Waals surface area contributed by atoms with Crippen molar-refractivity contribution in [2.24, 2.45) is 5.92 Å². The molecular weight excluding hydrogens is 629 g/mol. The van der Waals surface area contributed by atoms with Gasteiger partial charge < -0.3 is 10.2 Å². The molecule has 0 saturated carbocycles. The number of rotatable bonds is 14. The molecule has 0 aliphatic heterocycles. The summed E-state index contributed by atoms with van der Waals surface area (Å²) >= 11 is 17.1. The third kappa shape index (κ3) is 9.99. The molecule has 0 fully saturated rings. The maximum atomic E-state index is 13.0. The van der Waals surface area contributed by atoms with Crippen molar-refractivity contribution >= 4 is 63.6 Å². The maximum Gasteiger partial charge on any atom is 0.264 e. The molecule has 1 unspecified atom stereocenters. The van der Waals surface area contributed by atoms with E-state index in [-0.39, 0.29) is 47.3 Å². The van der Waals surface area contributed by atoms with Gasteiger partial charge in [0.15, 0.2) is 0 Å². The number of nitrogens with one attached hydrogen (secondary N) is 2. The molecule has 0 aliphatic rings. The first-order chi connectivity index (χ1) is 20.4. The second-order valence-corrected chi connectivity index (χ2v) is 12.9. The third-order valence-corrected chi connectivity index (χ3v) is 9.09. The van der Waals surface area contributed by atoms with Gasteiger partial charge >= 0.3 is 0 Å². The second kappa shape index (κ2) is 16.1. The quantitative estimate of drug-likeness (QED) is 0.197. The van der Waals surface area contributed by atoms with E-state index in [0.29, 0.717) is 41.2 Å². The van der Waals surface area contributed by atoms with Crippen molar-refractivity contribution in [2.45, 2.75) is 44.6 Å². The van der Waals surface area contributed by atoms with Crippen LogP contribution >= 0.6 is 35.8 Å². The van der Waals surface area contributed by atoms with Crippen LogP contribution in [0.2, 0.25) is 10.0 Å². The Balaban J connectivity index is 1.73. The Morgan fingerprint density at radius 2 is 1.70 bits per heavy atom. The van der Waals surface area contributed by atoms with E-state index >= 15 is 0 Å². The van der Waals surface area contributed by atoms with Crippen LogP contribution in [0.4, 0.5) is 0 Å². The Hall–Kier alpha value is -3.05. The van der Waals surface area contributed by atoms with Gasteiger partial charge in [0, 0.05) is 59.9 Å². The van der Waals surface area contributed by atoms with Gasteiger partial charge in [0.2, 0.25) is 17.7 Å². The molecule has 0 radical (unpaired) electrons. The Kier molecular flexibility index (Phi) is 12.9. The van der Waals surface area contributed by atoms with E-state index in [2.05, 4.69) is 17.9 Å². The highest BCUT2D eigenvalue weighted by Gasteiger charge is 2.22. The zero-order valence-corrected chi connectivity index (χ0v) is 27.2. The van der Waals surface area contributed by atoms with Crippen LogP contribution in [0.3, 0.4) is 0 Å². The summed E-state index contributed by atoms with van der Waals surface area (Å²) in [6.45, 7) is 3.84. The van der Waals surface area contributed by atoms with Gasteiger partial charge in [-0.05, 0) is 48.2 Å². The first-order valence-electron chi connectivity index (χ1n) is 13.8. The summed E-state index contributed by atoms with van der Waals surface area (Å²) in [6, 6.07) is 18.8. The van der Waals surface area contributed by atoms with Crippen molar-refractivity contribution in [3.63, 3.8) is 0 Å². The fourth-order valence-electron chi connectivity index (χ4n) is 4.57. The zero-order valence-electron chi connectivity index (χ0n) is 24.0. The molecule has 0 aromatic heterocycles. The zero-order chi connectivity index (χ0) is 31.6. The number of thiol groups is 1. The molecule has 3 aromatic rings. The lowest BCUT2D eigenvalue weighted by Crippen LogP contribution is -2.40. The van der Waals surface area contributed by atoms with E-state index < -0.39 is 15.9 Å². The third-order valence-electron chi connectivity index (χ3n) is 6.61. The van der Waals surface area contributed by atoms with Crippen molar-refractivity contribution < 1.29 is 22.8 Å². The fourth-order valence-corrected chi connectivity index (χ4v) is 6.60. The highest BCUT2D eigenvalue weighted by Crippen LogP contribution is 2.33. The van der Waals surface area contributed by atoms with Gasteiger partial charge in [-0.15, -0.1) is 0 Å². The van der Waals surface area contributed by atoms with E-state index in [1.54, 1.807) is 47.4 Å². The number of amides is 3. The lowest BCUT2D eigenvalue weighted by Gasteiger charge is -2.24. The molecular formula is C31H35Cl2N3O5S2. The molecule has 3 aromatic carbocycles. The minimum atomic E-state index is -4.10. The molecule has 43 heavy (non-hydrogen) atoms. The molecule has 3 amide bonds. The maximum absolute atomic E-state index is 13.0. The van der Waals surface area contributed by atoms with E-state index in [4.69, 9.17) is 23.2 Å². The number of nitrogens with zero attached hydrogens (tertiary/aromatic N) is 1. The number of sulfonamides is 1. The second-order valence-electron chi connectivity index (χ2n) is 10.0. The summed E-state index contributed by atoms with van der Waals surface area (Å²) in [6.07, 6.45) is 1.51. The molecule has 0 bridgehead atoms. The van der Waals surface area contributed by atoms with Gasteiger partial charge in [-0.2, -0.15) is 12.6 Å². The standard InChI is InChI=1S/C31H35Cl2N3O5S2/c1-3-7-30(38)36(15-14-34-31(39)24(20-42)16-22-8-6-9-25(32)17-22)19-23-12-13-26(28(33)18-23)27-10-4-5-11-29(27)43(40,41)35-21(2)37/h4-6,8-13,17-18,24,42H,3,7,14-16,19-20H2,1-2H3,(H,34,39)(H,35,37). The topological polar surface area (TPSA) is 113 Å². The monoisotopic (exact) mass is 663 g/mol. The number of benzene rings is 3. The largest absolute Gasteiger partial charge is 0.354 e. The van der Waals surface area contributed by atoms with E-state index in [1.165, 1.54) is 6.07 Å². The number of halogens is 2. The lowest BCUT2D eigenvalue weighted by molar-refractivity contribution is -0.132. The Labute approximate surface area is 268 Å². The van der Waals surface area contributed by atoms with Gasteiger partial charge in [-0.25, -0.2) is 13.1 Å². The van der Waals surface area contributed by atoms with Crippen LogP contribution in [0.1, 0.15) is 37.8 Å². The average molecular weight is 665 g/mol. The van der Waals surface area contributed by atoms with Crippen molar-refractivity contribution in [1.29, 1.82) is 0 Å². The molecule has 0 saturated heterocycles. The summed E-state index contributed by atoms with van der Waals surface area (Å²) in [7, 11) is -4.10. The Morgan fingerprint density at radius 1 is 0.953 bits per heavy atom. The molecule has 8 nitrogen and oxygen atoms in total. The summed E-state index contributed by atoms with van der Waals surface area (Å²) in [5.41, 5.74) is 2.48. The van der Waals surface area contributed by atoms with Crippen molar-refractivity contribution in [1.82, 2.24) is 14.9 Å². The van der Waals surface area contributed by atoms with Crippen LogP contribution in [-0.4, -0.2) is 49.9 Å². The van der Waals surface area contributed by atoms with E-state index in [1.807, 2.05) is 29.8 Å². The molecule has 230 valence electrons. The van der Waals surface area contributed by atoms with Gasteiger partial charge in [0.1, 0.15) is 0 Å². The Bertz CT molecular complexity index is 1570. The molecule has 12 heteroatoms. The lowest BCUT2D eigenvalue weighted by atomic mass is 10.0. The molecule has 1 atom stereocenters. The van der Waals surface area contributed by atoms with Crippen LogP contribution in [0.15, 0.2) is 71.6 Å². The van der Waals surface area contributed by atoms with Crippen molar-refractivity contribution in [2.75, 3.05) is 18.8 Å². The molecule has 0 heterocycles. The summed E-state index contributed by atoms with van der Waals surface area (Å²) in [5, 5.41) is 3.82. The Morgan fingerprint density at radius 3 is 2.35 bits per heavy atom. The summed E-state index contributed by atoms with van der Waals surface area (Å²) < 4.78 is 27.5. The van der Waals surface area contributed by atoms with E-state index in [9.17, 15) is 22.8 Å². The number of hydrogen-bond acceptors (Lipinski definition) is 6. The highest BCUT2D eigenvalue weighted by atomic mass is 35.5. The predicted octanol–water partition coefficient (Wildman–Crippen LogP) is 5.52. The van der Waals surface area contributed by atoms with Crippen LogP contribution < -0.4 is 10.0 Å².